The summed E-state index contributed by atoms with van der Waals surface area (Å²) >= 11 is 2.89. The third kappa shape index (κ3) is 2.21. The summed E-state index contributed by atoms with van der Waals surface area (Å²) in [4.78, 5) is 11.1. The van der Waals surface area contributed by atoms with Gasteiger partial charge in [-0.1, -0.05) is 15.9 Å². The van der Waals surface area contributed by atoms with Gasteiger partial charge in [0.1, 0.15) is 10.7 Å². The molecule has 1 heterocycles. The number of hydrogen-bond acceptors (Lipinski definition) is 3. The Morgan fingerprint density at radius 3 is 2.85 bits per heavy atom. The zero-order valence-corrected chi connectivity index (χ0v) is 9.56. The van der Waals surface area contributed by atoms with E-state index in [0.717, 1.165) is 0 Å². The molecule has 1 aliphatic heterocycles. The maximum atomic E-state index is 11.4. The predicted molar refractivity (Wildman–Crippen MR) is 51.9 cm³/mol. The summed E-state index contributed by atoms with van der Waals surface area (Å²) in [5.74, 6) is -0.240. The summed E-state index contributed by atoms with van der Waals surface area (Å²) in [6.07, 6.45) is 0. The number of rotatable bonds is 2. The number of carbonyl (C=O) groups excluding carboxylic acids is 1. The molecule has 0 aromatic heterocycles. The fraction of sp³-hybridized carbons (Fsp3) is 0.833. The van der Waals surface area contributed by atoms with Crippen molar-refractivity contribution >= 4 is 31.9 Å². The summed E-state index contributed by atoms with van der Waals surface area (Å²) < 4.78 is 23.9. The largest absolute Gasteiger partial charge is 0.353 e. The summed E-state index contributed by atoms with van der Waals surface area (Å²) in [5.41, 5.74) is 0. The number of hydrogen-bond donors (Lipinski definition) is 1. The molecule has 1 saturated heterocycles. The lowest BCUT2D eigenvalue weighted by Gasteiger charge is -2.31. The van der Waals surface area contributed by atoms with Gasteiger partial charge in [-0.15, -0.1) is 0 Å². The van der Waals surface area contributed by atoms with Crippen LogP contribution in [0.5, 0.6) is 0 Å². The molecule has 1 rings (SSSR count). The lowest BCUT2D eigenvalue weighted by molar-refractivity contribution is -0.126. The molecule has 0 aromatic carbocycles. The first kappa shape index (κ1) is 10.9. The van der Waals surface area contributed by atoms with Crippen LogP contribution in [0.15, 0.2) is 0 Å². The van der Waals surface area contributed by atoms with Crippen LogP contribution in [-0.2, 0) is 14.8 Å². The molecule has 1 unspecified atom stereocenters. The third-order valence-corrected chi connectivity index (χ3v) is 5.16. The molecule has 0 spiro atoms. The molecular formula is C6H11BrN2O3S. The van der Waals surface area contributed by atoms with E-state index in [9.17, 15) is 13.2 Å². The van der Waals surface area contributed by atoms with Gasteiger partial charge in [-0.2, -0.15) is 4.31 Å². The minimum atomic E-state index is -3.31. The minimum Gasteiger partial charge on any atom is -0.353 e. The van der Waals surface area contributed by atoms with Crippen LogP contribution >= 0.6 is 15.9 Å². The molecule has 1 atom stereocenters. The van der Waals surface area contributed by atoms with Crippen molar-refractivity contribution in [3.8, 4) is 0 Å². The summed E-state index contributed by atoms with van der Waals surface area (Å²) in [6, 6.07) is -0.601. The van der Waals surface area contributed by atoms with Crippen LogP contribution in [-0.4, -0.2) is 42.4 Å². The smallest absolute Gasteiger partial charge is 0.238 e. The summed E-state index contributed by atoms with van der Waals surface area (Å²) in [5, 5.41) is 2.60. The Labute approximate surface area is 85.7 Å². The number of piperazine rings is 1. The zero-order valence-electron chi connectivity index (χ0n) is 7.16. The molecule has 1 aliphatic rings. The van der Waals surface area contributed by atoms with Gasteiger partial charge in [0, 0.05) is 13.1 Å². The van der Waals surface area contributed by atoms with Crippen LogP contribution in [0.4, 0.5) is 0 Å². The van der Waals surface area contributed by atoms with Gasteiger partial charge in [0.2, 0.25) is 15.9 Å². The van der Waals surface area contributed by atoms with Crippen LogP contribution in [0.3, 0.4) is 0 Å². The zero-order chi connectivity index (χ0) is 10.1. The van der Waals surface area contributed by atoms with Gasteiger partial charge in [0.15, 0.2) is 0 Å². The number of sulfonamides is 1. The van der Waals surface area contributed by atoms with Gasteiger partial charge in [-0.05, 0) is 6.92 Å². The van der Waals surface area contributed by atoms with E-state index >= 15 is 0 Å². The minimum absolute atomic E-state index is 0.141. The second kappa shape index (κ2) is 3.93. The molecule has 7 heteroatoms. The van der Waals surface area contributed by atoms with Crippen LogP contribution in [0.1, 0.15) is 6.92 Å². The highest BCUT2D eigenvalue weighted by atomic mass is 79.9. The van der Waals surface area contributed by atoms with Crippen LogP contribution < -0.4 is 5.32 Å². The van der Waals surface area contributed by atoms with Crippen LogP contribution in [0, 0.1) is 0 Å². The molecule has 0 radical (unpaired) electrons. The topological polar surface area (TPSA) is 66.5 Å². The van der Waals surface area contributed by atoms with Gasteiger partial charge in [-0.3, -0.25) is 4.79 Å². The standard InChI is InChI=1S/C6H11BrN2O3S/c1-5-6(10)8-2-3-9(5)13(11,12)4-7/h5H,2-4H2,1H3,(H,8,10). The van der Waals surface area contributed by atoms with Crippen molar-refractivity contribution in [1.82, 2.24) is 9.62 Å². The Balaban J connectivity index is 2.86. The van der Waals surface area contributed by atoms with Crippen molar-refractivity contribution in [1.29, 1.82) is 0 Å². The first-order valence-corrected chi connectivity index (χ1v) is 6.55. The Kier molecular flexibility index (Phi) is 3.31. The van der Waals surface area contributed by atoms with Gasteiger partial charge in [0.25, 0.3) is 0 Å². The molecule has 0 aliphatic carbocycles. The van der Waals surface area contributed by atoms with E-state index in [0.29, 0.717) is 13.1 Å². The molecule has 1 N–H and O–H groups in total. The molecule has 1 fully saturated rings. The van der Waals surface area contributed by atoms with E-state index < -0.39 is 16.1 Å². The Morgan fingerprint density at radius 2 is 2.31 bits per heavy atom. The fourth-order valence-corrected chi connectivity index (χ4v) is 3.07. The molecule has 5 nitrogen and oxygen atoms in total. The molecule has 0 saturated carbocycles. The highest BCUT2D eigenvalue weighted by molar-refractivity contribution is 9.10. The summed E-state index contributed by atoms with van der Waals surface area (Å²) in [7, 11) is -3.31. The third-order valence-electron chi connectivity index (χ3n) is 1.94. The Morgan fingerprint density at radius 1 is 1.69 bits per heavy atom. The molecule has 13 heavy (non-hydrogen) atoms. The molecule has 76 valence electrons. The molecular weight excluding hydrogens is 260 g/mol. The lowest BCUT2D eigenvalue weighted by atomic mass is 10.2. The first-order valence-electron chi connectivity index (χ1n) is 3.82. The number of amides is 1. The van der Waals surface area contributed by atoms with E-state index in [-0.39, 0.29) is 10.6 Å². The SMILES string of the molecule is CC1C(=O)NCCN1S(=O)(=O)CBr. The average Bonchev–Trinajstić information content (AvgIpc) is 2.09. The van der Waals surface area contributed by atoms with Crippen molar-refractivity contribution < 1.29 is 13.2 Å². The number of halogens is 1. The highest BCUT2D eigenvalue weighted by Crippen LogP contribution is 2.12. The van der Waals surface area contributed by atoms with Gasteiger partial charge >= 0.3 is 0 Å². The predicted octanol–water partition coefficient (Wildman–Crippen LogP) is -0.511. The normalized spacial score (nSPS) is 25.7. The van der Waals surface area contributed by atoms with Crippen molar-refractivity contribution in [3.63, 3.8) is 0 Å². The quantitative estimate of drug-likeness (QED) is 0.688. The first-order chi connectivity index (χ1) is 5.99. The lowest BCUT2D eigenvalue weighted by Crippen LogP contribution is -2.55. The van der Waals surface area contributed by atoms with Crippen molar-refractivity contribution in [2.24, 2.45) is 0 Å². The molecule has 0 aromatic rings. The van der Waals surface area contributed by atoms with Gasteiger partial charge in [-0.25, -0.2) is 8.42 Å². The van der Waals surface area contributed by atoms with E-state index in [1.165, 1.54) is 4.31 Å². The Hall–Kier alpha value is -0.140. The highest BCUT2D eigenvalue weighted by Gasteiger charge is 2.33. The van der Waals surface area contributed by atoms with Crippen molar-refractivity contribution in [2.75, 3.05) is 17.8 Å². The second-order valence-corrected chi connectivity index (χ2v) is 6.02. The van der Waals surface area contributed by atoms with Crippen LogP contribution in [0.2, 0.25) is 0 Å². The van der Waals surface area contributed by atoms with Gasteiger partial charge in [0.05, 0.1) is 0 Å². The number of nitrogens with zero attached hydrogens (tertiary/aromatic N) is 1. The number of carbonyl (C=O) groups is 1. The van der Waals surface area contributed by atoms with Crippen LogP contribution in [0.25, 0.3) is 0 Å². The molecule has 0 bridgehead atoms. The average molecular weight is 271 g/mol. The van der Waals surface area contributed by atoms with Gasteiger partial charge < -0.3 is 5.32 Å². The van der Waals surface area contributed by atoms with E-state index in [1.54, 1.807) is 6.92 Å². The number of nitrogens with one attached hydrogen (secondary N) is 1. The van der Waals surface area contributed by atoms with Crippen molar-refractivity contribution in [2.45, 2.75) is 13.0 Å². The fourth-order valence-electron chi connectivity index (χ4n) is 1.20. The number of alkyl halides is 1. The van der Waals surface area contributed by atoms with E-state index in [4.69, 9.17) is 0 Å². The second-order valence-electron chi connectivity index (χ2n) is 2.80. The molecule has 1 amide bonds. The maximum Gasteiger partial charge on any atom is 0.238 e. The monoisotopic (exact) mass is 270 g/mol. The summed E-state index contributed by atoms with van der Waals surface area (Å²) in [6.45, 7) is 2.31. The Bertz CT molecular complexity index is 303. The van der Waals surface area contributed by atoms with E-state index in [2.05, 4.69) is 21.2 Å². The van der Waals surface area contributed by atoms with E-state index in [1.807, 2.05) is 0 Å². The van der Waals surface area contributed by atoms with Crippen molar-refractivity contribution in [3.05, 3.63) is 0 Å². The maximum absolute atomic E-state index is 11.4.